The van der Waals surface area contributed by atoms with Crippen LogP contribution >= 0.6 is 0 Å². The van der Waals surface area contributed by atoms with Gasteiger partial charge >= 0.3 is 0 Å². The summed E-state index contributed by atoms with van der Waals surface area (Å²) >= 11 is 0. The molecule has 1 aromatic rings. The van der Waals surface area contributed by atoms with Crippen LogP contribution in [0.5, 0.6) is 0 Å². The maximum absolute atomic E-state index is 5.59. The van der Waals surface area contributed by atoms with E-state index in [9.17, 15) is 0 Å². The molecule has 2 rings (SSSR count). The van der Waals surface area contributed by atoms with Gasteiger partial charge in [0.15, 0.2) is 0 Å². The zero-order chi connectivity index (χ0) is 14.9. The third-order valence-electron chi connectivity index (χ3n) is 4.20. The molecule has 1 aliphatic rings. The fraction of sp³-hybridized carbons (Fsp3) is 0.667. The van der Waals surface area contributed by atoms with E-state index in [1.807, 2.05) is 0 Å². The van der Waals surface area contributed by atoms with Crippen LogP contribution in [0.15, 0.2) is 18.2 Å². The highest BCUT2D eigenvalue weighted by Gasteiger charge is 2.24. The van der Waals surface area contributed by atoms with Crippen molar-refractivity contribution in [3.63, 3.8) is 0 Å². The van der Waals surface area contributed by atoms with E-state index < -0.39 is 0 Å². The molecular weight excluding hydrogens is 246 g/mol. The molecule has 1 heterocycles. The van der Waals surface area contributed by atoms with Crippen molar-refractivity contribution in [2.24, 2.45) is 0 Å². The molecule has 1 fully saturated rings. The van der Waals surface area contributed by atoms with Crippen molar-refractivity contribution >= 4 is 5.69 Å². The average molecular weight is 275 g/mol. The van der Waals surface area contributed by atoms with Gasteiger partial charge in [0.1, 0.15) is 0 Å². The summed E-state index contributed by atoms with van der Waals surface area (Å²) in [6.45, 7) is 16.3. The van der Waals surface area contributed by atoms with Crippen molar-refractivity contribution in [3.05, 3.63) is 29.3 Å². The van der Waals surface area contributed by atoms with Gasteiger partial charge < -0.3 is 9.64 Å². The van der Waals surface area contributed by atoms with Gasteiger partial charge in [-0.2, -0.15) is 0 Å². The first-order chi connectivity index (χ1) is 9.30. The molecule has 0 saturated carbocycles. The fourth-order valence-electron chi connectivity index (χ4n) is 2.83. The molecule has 1 saturated heterocycles. The van der Waals surface area contributed by atoms with Gasteiger partial charge in [0.2, 0.25) is 0 Å². The third-order valence-corrected chi connectivity index (χ3v) is 4.20. The highest BCUT2D eigenvalue weighted by molar-refractivity contribution is 5.58. The zero-order valence-corrected chi connectivity index (χ0v) is 13.9. The normalized spacial score (nSPS) is 20.6. The molecule has 0 unspecified atom stereocenters. The molecule has 1 atom stereocenters. The summed E-state index contributed by atoms with van der Waals surface area (Å²) in [6, 6.07) is 7.47. The minimum absolute atomic E-state index is 0.194. The number of ether oxygens (including phenoxy) is 1. The van der Waals surface area contributed by atoms with Crippen molar-refractivity contribution in [1.82, 2.24) is 0 Å². The van der Waals surface area contributed by atoms with Crippen molar-refractivity contribution < 1.29 is 4.74 Å². The van der Waals surface area contributed by atoms with Crippen LogP contribution in [0.1, 0.15) is 58.6 Å². The minimum atomic E-state index is 0.194. The van der Waals surface area contributed by atoms with Crippen LogP contribution in [0.25, 0.3) is 0 Å². The molecule has 0 amide bonds. The summed E-state index contributed by atoms with van der Waals surface area (Å²) in [7, 11) is 0. The maximum Gasteiger partial charge on any atom is 0.0668 e. The molecule has 20 heavy (non-hydrogen) atoms. The Hall–Kier alpha value is -1.02. The van der Waals surface area contributed by atoms with Crippen molar-refractivity contribution in [1.29, 1.82) is 0 Å². The van der Waals surface area contributed by atoms with E-state index in [0.717, 1.165) is 19.8 Å². The van der Waals surface area contributed by atoms with E-state index in [0.29, 0.717) is 12.0 Å². The van der Waals surface area contributed by atoms with Gasteiger partial charge in [-0.25, -0.2) is 0 Å². The number of nitrogens with zero attached hydrogens (tertiary/aromatic N) is 1. The molecule has 0 aliphatic carbocycles. The van der Waals surface area contributed by atoms with Crippen molar-refractivity contribution in [2.45, 2.75) is 58.9 Å². The predicted molar refractivity (Wildman–Crippen MR) is 86.9 cm³/mol. The summed E-state index contributed by atoms with van der Waals surface area (Å²) in [4.78, 5) is 2.52. The highest BCUT2D eigenvalue weighted by atomic mass is 16.5. The number of morpholine rings is 1. The molecule has 1 aromatic carbocycles. The van der Waals surface area contributed by atoms with Gasteiger partial charge in [0, 0.05) is 18.3 Å². The van der Waals surface area contributed by atoms with Crippen LogP contribution < -0.4 is 4.90 Å². The predicted octanol–water partition coefficient (Wildman–Crippen LogP) is 4.33. The fourth-order valence-corrected chi connectivity index (χ4v) is 2.83. The molecule has 0 aromatic heterocycles. The number of anilines is 1. The molecule has 0 bridgehead atoms. The van der Waals surface area contributed by atoms with Crippen molar-refractivity contribution in [2.75, 3.05) is 24.7 Å². The van der Waals surface area contributed by atoms with Gasteiger partial charge in [0.05, 0.1) is 13.2 Å². The lowest BCUT2D eigenvalue weighted by Crippen LogP contribution is -2.44. The molecule has 112 valence electrons. The standard InChI is InChI=1S/C18H29NO/c1-13(2)16-8-7-15(18(4,5)6)11-17(16)19-9-10-20-12-14(19)3/h7-8,11,13-14H,9-10,12H2,1-6H3/t14-/m1/s1. The smallest absolute Gasteiger partial charge is 0.0668 e. The molecule has 1 aliphatic heterocycles. The number of rotatable bonds is 2. The average Bonchev–Trinajstić information content (AvgIpc) is 2.37. The van der Waals surface area contributed by atoms with E-state index in [2.05, 4.69) is 64.6 Å². The molecule has 0 spiro atoms. The lowest BCUT2D eigenvalue weighted by atomic mass is 9.84. The Morgan fingerprint density at radius 1 is 1.25 bits per heavy atom. The van der Waals surface area contributed by atoms with Crippen LogP contribution in [-0.4, -0.2) is 25.8 Å². The zero-order valence-electron chi connectivity index (χ0n) is 13.9. The first kappa shape index (κ1) is 15.4. The Kier molecular flexibility index (Phi) is 4.43. The monoisotopic (exact) mass is 275 g/mol. The van der Waals surface area contributed by atoms with Crippen LogP contribution in [0.3, 0.4) is 0 Å². The molecule has 2 nitrogen and oxygen atoms in total. The summed E-state index contributed by atoms with van der Waals surface area (Å²) in [6.07, 6.45) is 0. The largest absolute Gasteiger partial charge is 0.377 e. The topological polar surface area (TPSA) is 12.5 Å². The second-order valence-electron chi connectivity index (χ2n) is 7.30. The van der Waals surface area contributed by atoms with Gasteiger partial charge in [0.25, 0.3) is 0 Å². The Morgan fingerprint density at radius 2 is 1.95 bits per heavy atom. The molecule has 2 heteroatoms. The van der Waals surface area contributed by atoms with Gasteiger partial charge in [-0.15, -0.1) is 0 Å². The first-order valence-corrected chi connectivity index (χ1v) is 7.79. The van der Waals surface area contributed by atoms with Gasteiger partial charge in [-0.3, -0.25) is 0 Å². The molecular formula is C18H29NO. The second-order valence-corrected chi connectivity index (χ2v) is 7.30. The van der Waals surface area contributed by atoms with Crippen LogP contribution in [-0.2, 0) is 10.2 Å². The van der Waals surface area contributed by atoms with Gasteiger partial charge in [-0.05, 0) is 35.4 Å². The Morgan fingerprint density at radius 3 is 2.50 bits per heavy atom. The van der Waals surface area contributed by atoms with Crippen LogP contribution in [0, 0.1) is 0 Å². The summed E-state index contributed by atoms with van der Waals surface area (Å²) in [5.74, 6) is 0.550. The second kappa shape index (κ2) is 5.77. The van der Waals surface area contributed by atoms with E-state index in [1.54, 1.807) is 0 Å². The number of hydrogen-bond acceptors (Lipinski definition) is 2. The van der Waals surface area contributed by atoms with Crippen LogP contribution in [0.2, 0.25) is 0 Å². The third kappa shape index (κ3) is 3.17. The minimum Gasteiger partial charge on any atom is -0.377 e. The van der Waals surface area contributed by atoms with Gasteiger partial charge in [-0.1, -0.05) is 46.8 Å². The van der Waals surface area contributed by atoms with E-state index in [1.165, 1.54) is 16.8 Å². The molecule has 0 radical (unpaired) electrons. The summed E-state index contributed by atoms with van der Waals surface area (Å²) < 4.78 is 5.59. The van der Waals surface area contributed by atoms with Crippen LogP contribution in [0.4, 0.5) is 5.69 Å². The lowest BCUT2D eigenvalue weighted by molar-refractivity contribution is 0.0988. The van der Waals surface area contributed by atoms with E-state index in [-0.39, 0.29) is 5.41 Å². The Labute approximate surface area is 124 Å². The maximum atomic E-state index is 5.59. The number of benzene rings is 1. The lowest BCUT2D eigenvalue weighted by Gasteiger charge is -2.38. The quantitative estimate of drug-likeness (QED) is 0.796. The first-order valence-electron chi connectivity index (χ1n) is 7.79. The molecule has 0 N–H and O–H groups in total. The summed E-state index contributed by atoms with van der Waals surface area (Å²) in [5.41, 5.74) is 4.46. The summed E-state index contributed by atoms with van der Waals surface area (Å²) in [5, 5.41) is 0. The SMILES string of the molecule is CC(C)c1ccc(C(C)(C)C)cc1N1CCOC[C@H]1C. The van der Waals surface area contributed by atoms with E-state index >= 15 is 0 Å². The number of hydrogen-bond donors (Lipinski definition) is 0. The highest BCUT2D eigenvalue weighted by Crippen LogP contribution is 2.34. The van der Waals surface area contributed by atoms with E-state index in [4.69, 9.17) is 4.74 Å². The Bertz CT molecular complexity index is 459. The van der Waals surface area contributed by atoms with Crippen molar-refractivity contribution in [3.8, 4) is 0 Å². The Balaban J connectivity index is 2.46.